The van der Waals surface area contributed by atoms with Gasteiger partial charge in [0.05, 0.1) is 12.2 Å². The van der Waals surface area contributed by atoms with Crippen molar-refractivity contribution in [1.29, 1.82) is 0 Å². The normalized spacial score (nSPS) is 17.6. The van der Waals surface area contributed by atoms with Crippen molar-refractivity contribution in [2.24, 2.45) is 0 Å². The van der Waals surface area contributed by atoms with Gasteiger partial charge in [0.1, 0.15) is 17.6 Å². The third-order valence-electron chi connectivity index (χ3n) is 3.50. The average Bonchev–Trinajstić information content (AvgIpc) is 2.50. The first-order valence-electron chi connectivity index (χ1n) is 7.58. The second-order valence-corrected chi connectivity index (χ2v) is 5.32. The van der Waals surface area contributed by atoms with Crippen LogP contribution in [0.4, 0.5) is 4.39 Å². The number of carbonyl (C=O) groups excluding carboxylic acids is 3. The number of amides is 3. The minimum absolute atomic E-state index is 0.142. The maximum absolute atomic E-state index is 14.0. The van der Waals surface area contributed by atoms with E-state index in [2.05, 4.69) is 10.6 Å². The van der Waals surface area contributed by atoms with Gasteiger partial charge >= 0.3 is 0 Å². The van der Waals surface area contributed by atoms with Gasteiger partial charge in [0.25, 0.3) is 5.91 Å². The van der Waals surface area contributed by atoms with E-state index in [-0.39, 0.29) is 24.3 Å². The zero-order chi connectivity index (χ0) is 16.8. The largest absolute Gasteiger partial charge is 0.493 e. The SMILES string of the molecule is CCCCOc1ccc(C(=O)NC2CCC(=O)NC2=O)c(F)c1. The summed E-state index contributed by atoms with van der Waals surface area (Å²) >= 11 is 0. The molecule has 1 unspecified atom stereocenters. The van der Waals surface area contributed by atoms with Gasteiger partial charge in [0.15, 0.2) is 0 Å². The van der Waals surface area contributed by atoms with E-state index in [9.17, 15) is 18.8 Å². The lowest BCUT2D eigenvalue weighted by molar-refractivity contribution is -0.134. The summed E-state index contributed by atoms with van der Waals surface area (Å²) in [6.45, 7) is 2.50. The molecule has 0 aromatic heterocycles. The molecule has 1 aliphatic rings. The summed E-state index contributed by atoms with van der Waals surface area (Å²) < 4.78 is 19.4. The minimum Gasteiger partial charge on any atom is -0.493 e. The molecule has 0 radical (unpaired) electrons. The van der Waals surface area contributed by atoms with Gasteiger partial charge < -0.3 is 10.1 Å². The summed E-state index contributed by atoms with van der Waals surface area (Å²) in [4.78, 5) is 34.7. The van der Waals surface area contributed by atoms with Gasteiger partial charge in [0.2, 0.25) is 11.8 Å². The lowest BCUT2D eigenvalue weighted by Crippen LogP contribution is -2.52. The van der Waals surface area contributed by atoms with Gasteiger partial charge in [0, 0.05) is 12.5 Å². The fourth-order valence-electron chi connectivity index (χ4n) is 2.17. The van der Waals surface area contributed by atoms with E-state index >= 15 is 0 Å². The van der Waals surface area contributed by atoms with E-state index in [1.54, 1.807) is 0 Å². The summed E-state index contributed by atoms with van der Waals surface area (Å²) in [6.07, 6.45) is 2.17. The number of imide groups is 1. The highest BCUT2D eigenvalue weighted by molar-refractivity contribution is 6.03. The van der Waals surface area contributed by atoms with Crippen molar-refractivity contribution in [2.75, 3.05) is 6.61 Å². The molecule has 1 heterocycles. The van der Waals surface area contributed by atoms with Crippen LogP contribution in [-0.4, -0.2) is 30.4 Å². The Labute approximate surface area is 133 Å². The topological polar surface area (TPSA) is 84.5 Å². The van der Waals surface area contributed by atoms with E-state index in [0.717, 1.165) is 18.9 Å². The van der Waals surface area contributed by atoms with Crippen molar-refractivity contribution in [3.63, 3.8) is 0 Å². The van der Waals surface area contributed by atoms with Crippen LogP contribution in [-0.2, 0) is 9.59 Å². The molecule has 2 rings (SSSR count). The van der Waals surface area contributed by atoms with Crippen LogP contribution in [0, 0.1) is 5.82 Å². The van der Waals surface area contributed by atoms with Crippen molar-refractivity contribution in [3.05, 3.63) is 29.6 Å². The Hall–Kier alpha value is -2.44. The van der Waals surface area contributed by atoms with Crippen LogP contribution >= 0.6 is 0 Å². The van der Waals surface area contributed by atoms with Gasteiger partial charge in [-0.2, -0.15) is 0 Å². The Balaban J connectivity index is 1.99. The van der Waals surface area contributed by atoms with Crippen molar-refractivity contribution < 1.29 is 23.5 Å². The molecule has 23 heavy (non-hydrogen) atoms. The summed E-state index contributed by atoms with van der Waals surface area (Å²) in [6, 6.07) is 3.14. The van der Waals surface area contributed by atoms with E-state index in [1.165, 1.54) is 12.1 Å². The monoisotopic (exact) mass is 322 g/mol. The fraction of sp³-hybridized carbons (Fsp3) is 0.438. The van der Waals surface area contributed by atoms with Crippen LogP contribution < -0.4 is 15.4 Å². The van der Waals surface area contributed by atoms with E-state index < -0.39 is 23.7 Å². The van der Waals surface area contributed by atoms with Gasteiger partial charge in [-0.15, -0.1) is 0 Å². The Morgan fingerprint density at radius 3 is 2.87 bits per heavy atom. The zero-order valence-electron chi connectivity index (χ0n) is 12.9. The van der Waals surface area contributed by atoms with Gasteiger partial charge in [-0.1, -0.05) is 13.3 Å². The van der Waals surface area contributed by atoms with Crippen LogP contribution in [0.3, 0.4) is 0 Å². The van der Waals surface area contributed by atoms with E-state index in [0.29, 0.717) is 12.4 Å². The third kappa shape index (κ3) is 4.51. The Kier molecular flexibility index (Phi) is 5.67. The number of benzene rings is 1. The molecule has 1 saturated heterocycles. The molecular formula is C16H19FN2O4. The van der Waals surface area contributed by atoms with Crippen molar-refractivity contribution in [3.8, 4) is 5.75 Å². The first kappa shape index (κ1) is 16.9. The number of unbranched alkanes of at least 4 members (excludes halogenated alkanes) is 1. The molecule has 0 spiro atoms. The molecule has 3 amide bonds. The number of halogens is 1. The van der Waals surface area contributed by atoms with E-state index in [1.807, 2.05) is 6.92 Å². The van der Waals surface area contributed by atoms with Crippen LogP contribution in [0.25, 0.3) is 0 Å². The highest BCUT2D eigenvalue weighted by Crippen LogP contribution is 2.17. The standard InChI is InChI=1S/C16H19FN2O4/c1-2-3-8-23-10-4-5-11(12(17)9-10)15(21)18-13-6-7-14(20)19-16(13)22/h4-5,9,13H,2-3,6-8H2,1H3,(H,18,21)(H,19,20,22). The Bertz CT molecular complexity index is 618. The Morgan fingerprint density at radius 1 is 1.43 bits per heavy atom. The van der Waals surface area contributed by atoms with Crippen LogP contribution in [0.1, 0.15) is 43.0 Å². The molecule has 6 nitrogen and oxygen atoms in total. The molecule has 2 N–H and O–H groups in total. The van der Waals surface area contributed by atoms with Gasteiger partial charge in [-0.05, 0) is 25.0 Å². The van der Waals surface area contributed by atoms with Crippen LogP contribution in [0.2, 0.25) is 0 Å². The number of carbonyl (C=O) groups is 3. The quantitative estimate of drug-likeness (QED) is 0.614. The number of nitrogens with one attached hydrogen (secondary N) is 2. The molecule has 1 atom stereocenters. The van der Waals surface area contributed by atoms with Crippen molar-refractivity contribution in [2.45, 2.75) is 38.6 Å². The molecule has 0 bridgehead atoms. The second kappa shape index (κ2) is 7.71. The first-order chi connectivity index (χ1) is 11.0. The summed E-state index contributed by atoms with van der Waals surface area (Å²) in [5.41, 5.74) is -0.169. The van der Waals surface area contributed by atoms with Crippen molar-refractivity contribution in [1.82, 2.24) is 10.6 Å². The summed E-state index contributed by atoms with van der Waals surface area (Å²) in [5, 5.41) is 4.57. The predicted molar refractivity (Wildman–Crippen MR) is 80.4 cm³/mol. The molecule has 0 saturated carbocycles. The highest BCUT2D eigenvalue weighted by atomic mass is 19.1. The first-order valence-corrected chi connectivity index (χ1v) is 7.58. The number of hydrogen-bond donors (Lipinski definition) is 2. The lowest BCUT2D eigenvalue weighted by Gasteiger charge is -2.21. The fourth-order valence-corrected chi connectivity index (χ4v) is 2.17. The smallest absolute Gasteiger partial charge is 0.254 e. The number of hydrogen-bond acceptors (Lipinski definition) is 4. The molecule has 1 aliphatic heterocycles. The molecular weight excluding hydrogens is 303 g/mol. The van der Waals surface area contributed by atoms with Gasteiger partial charge in [-0.3, -0.25) is 19.7 Å². The van der Waals surface area contributed by atoms with Crippen LogP contribution in [0.5, 0.6) is 5.75 Å². The highest BCUT2D eigenvalue weighted by Gasteiger charge is 2.28. The maximum atomic E-state index is 14.0. The maximum Gasteiger partial charge on any atom is 0.254 e. The summed E-state index contributed by atoms with van der Waals surface area (Å²) in [5.74, 6) is -2.01. The second-order valence-electron chi connectivity index (χ2n) is 5.32. The zero-order valence-corrected chi connectivity index (χ0v) is 12.9. The van der Waals surface area contributed by atoms with E-state index in [4.69, 9.17) is 4.74 Å². The molecule has 1 aromatic rings. The number of rotatable bonds is 6. The minimum atomic E-state index is -0.833. The molecule has 124 valence electrons. The average molecular weight is 322 g/mol. The number of piperidine rings is 1. The summed E-state index contributed by atoms with van der Waals surface area (Å²) in [7, 11) is 0. The molecule has 0 aliphatic carbocycles. The van der Waals surface area contributed by atoms with Gasteiger partial charge in [-0.25, -0.2) is 4.39 Å². The molecule has 1 aromatic carbocycles. The lowest BCUT2D eigenvalue weighted by atomic mass is 10.1. The van der Waals surface area contributed by atoms with Crippen molar-refractivity contribution >= 4 is 17.7 Å². The molecule has 7 heteroatoms. The molecule has 1 fully saturated rings. The van der Waals surface area contributed by atoms with Crippen LogP contribution in [0.15, 0.2) is 18.2 Å². The predicted octanol–water partition coefficient (Wildman–Crippen LogP) is 1.54. The third-order valence-corrected chi connectivity index (χ3v) is 3.50. The Morgan fingerprint density at radius 2 is 2.22 bits per heavy atom. The number of ether oxygens (including phenoxy) is 1.